The standard InChI is InChI=1S/C23H25NO3S/c1-26-19-5-3-16(4-6-19)23-8-7-20(28-23)10-12-24-11-9-17-13-21(25)22(27-2)14-18(17)15-24/h3-8,13-14,25H,9-12,15H2,1-2H3. The molecule has 0 bridgehead atoms. The number of fused-ring (bicyclic) bond motifs is 1. The predicted molar refractivity (Wildman–Crippen MR) is 114 cm³/mol. The fraction of sp³-hybridized carbons (Fsp3) is 0.304. The van der Waals surface area contributed by atoms with E-state index < -0.39 is 0 Å². The highest BCUT2D eigenvalue weighted by molar-refractivity contribution is 7.15. The van der Waals surface area contributed by atoms with Crippen molar-refractivity contribution in [3.8, 4) is 27.7 Å². The molecule has 0 fully saturated rings. The van der Waals surface area contributed by atoms with Gasteiger partial charge in [0.1, 0.15) is 5.75 Å². The third kappa shape index (κ3) is 4.01. The number of phenolic OH excluding ortho intramolecular Hbond substituents is 1. The number of benzene rings is 2. The first kappa shape index (κ1) is 18.8. The molecule has 0 saturated carbocycles. The number of phenols is 1. The number of nitrogens with zero attached hydrogens (tertiary/aromatic N) is 1. The maximum absolute atomic E-state index is 9.97. The molecule has 5 heteroatoms. The lowest BCUT2D eigenvalue weighted by atomic mass is 9.98. The van der Waals surface area contributed by atoms with E-state index in [9.17, 15) is 5.11 Å². The molecule has 4 nitrogen and oxygen atoms in total. The molecular formula is C23H25NO3S. The molecule has 146 valence electrons. The summed E-state index contributed by atoms with van der Waals surface area (Å²) in [5.74, 6) is 1.68. The minimum absolute atomic E-state index is 0.236. The Morgan fingerprint density at radius 3 is 2.57 bits per heavy atom. The molecule has 0 radical (unpaired) electrons. The second-order valence-corrected chi connectivity index (χ2v) is 8.23. The minimum Gasteiger partial charge on any atom is -0.504 e. The van der Waals surface area contributed by atoms with Crippen LogP contribution in [0.25, 0.3) is 10.4 Å². The SMILES string of the molecule is COc1ccc(-c2ccc(CCN3CCc4cc(O)c(OC)cc4C3)s2)cc1. The molecule has 1 N–H and O–H groups in total. The summed E-state index contributed by atoms with van der Waals surface area (Å²) in [6.45, 7) is 2.96. The Morgan fingerprint density at radius 1 is 1.00 bits per heavy atom. The van der Waals surface area contributed by atoms with Gasteiger partial charge in [-0.25, -0.2) is 0 Å². The van der Waals surface area contributed by atoms with E-state index in [-0.39, 0.29) is 5.75 Å². The zero-order chi connectivity index (χ0) is 19.5. The summed E-state index contributed by atoms with van der Waals surface area (Å²) in [6.07, 6.45) is 2.01. The summed E-state index contributed by atoms with van der Waals surface area (Å²) in [6, 6.07) is 16.5. The van der Waals surface area contributed by atoms with Crippen LogP contribution in [0.15, 0.2) is 48.5 Å². The number of methoxy groups -OCH3 is 2. The van der Waals surface area contributed by atoms with Gasteiger partial charge in [0.25, 0.3) is 0 Å². The second-order valence-electron chi connectivity index (χ2n) is 7.06. The van der Waals surface area contributed by atoms with Crippen LogP contribution in [0.5, 0.6) is 17.2 Å². The molecule has 0 atom stereocenters. The van der Waals surface area contributed by atoms with E-state index in [1.54, 1.807) is 14.2 Å². The van der Waals surface area contributed by atoms with E-state index in [4.69, 9.17) is 9.47 Å². The summed E-state index contributed by atoms with van der Waals surface area (Å²) in [7, 11) is 3.29. The molecule has 0 saturated heterocycles. The van der Waals surface area contributed by atoms with Gasteiger partial charge in [0, 0.05) is 29.4 Å². The zero-order valence-electron chi connectivity index (χ0n) is 16.3. The van der Waals surface area contributed by atoms with E-state index in [0.717, 1.165) is 38.2 Å². The van der Waals surface area contributed by atoms with Gasteiger partial charge < -0.3 is 14.6 Å². The van der Waals surface area contributed by atoms with Crippen LogP contribution in [-0.2, 0) is 19.4 Å². The summed E-state index contributed by atoms with van der Waals surface area (Å²) in [5.41, 5.74) is 3.72. The van der Waals surface area contributed by atoms with E-state index in [1.165, 1.54) is 26.4 Å². The topological polar surface area (TPSA) is 41.9 Å². The lowest BCUT2D eigenvalue weighted by Crippen LogP contribution is -2.32. The Morgan fingerprint density at radius 2 is 1.82 bits per heavy atom. The highest BCUT2D eigenvalue weighted by atomic mass is 32.1. The molecule has 2 aromatic carbocycles. The number of thiophene rings is 1. The van der Waals surface area contributed by atoms with Crippen LogP contribution < -0.4 is 9.47 Å². The van der Waals surface area contributed by atoms with Crippen molar-refractivity contribution in [1.29, 1.82) is 0 Å². The fourth-order valence-corrected chi connectivity index (χ4v) is 4.68. The van der Waals surface area contributed by atoms with Crippen LogP contribution in [0.3, 0.4) is 0 Å². The first-order valence-corrected chi connectivity index (χ1v) is 10.3. The van der Waals surface area contributed by atoms with Crippen molar-refractivity contribution in [3.63, 3.8) is 0 Å². The van der Waals surface area contributed by atoms with E-state index in [1.807, 2.05) is 35.6 Å². The Hall–Kier alpha value is -2.50. The van der Waals surface area contributed by atoms with Crippen LogP contribution in [0.2, 0.25) is 0 Å². The van der Waals surface area contributed by atoms with Gasteiger partial charge in [-0.1, -0.05) is 0 Å². The molecule has 0 unspecified atom stereocenters. The second kappa shape index (κ2) is 8.25. The van der Waals surface area contributed by atoms with Gasteiger partial charge in [-0.3, -0.25) is 4.90 Å². The molecule has 0 amide bonds. The number of ether oxygens (including phenoxy) is 2. The average Bonchev–Trinajstić information content (AvgIpc) is 3.21. The molecule has 1 aliphatic heterocycles. The molecule has 1 aliphatic rings. The van der Waals surface area contributed by atoms with Crippen molar-refractivity contribution in [1.82, 2.24) is 4.90 Å². The number of hydrogen-bond acceptors (Lipinski definition) is 5. The van der Waals surface area contributed by atoms with Crippen LogP contribution in [-0.4, -0.2) is 37.3 Å². The van der Waals surface area contributed by atoms with E-state index >= 15 is 0 Å². The first-order chi connectivity index (χ1) is 13.7. The van der Waals surface area contributed by atoms with Crippen molar-refractivity contribution >= 4 is 11.3 Å². The Balaban J connectivity index is 1.38. The van der Waals surface area contributed by atoms with Crippen LogP contribution in [0, 0.1) is 0 Å². The minimum atomic E-state index is 0.236. The molecule has 28 heavy (non-hydrogen) atoms. The maximum Gasteiger partial charge on any atom is 0.160 e. The van der Waals surface area contributed by atoms with Crippen LogP contribution in [0.4, 0.5) is 0 Å². The predicted octanol–water partition coefficient (Wildman–Crippen LogP) is 4.74. The van der Waals surface area contributed by atoms with Gasteiger partial charge in [0.2, 0.25) is 0 Å². The summed E-state index contributed by atoms with van der Waals surface area (Å²) >= 11 is 1.86. The lowest BCUT2D eigenvalue weighted by molar-refractivity contribution is 0.256. The molecule has 0 aliphatic carbocycles. The number of aromatic hydroxyl groups is 1. The highest BCUT2D eigenvalue weighted by Gasteiger charge is 2.19. The third-order valence-electron chi connectivity index (χ3n) is 5.30. The Kier molecular flexibility index (Phi) is 5.55. The van der Waals surface area contributed by atoms with Crippen molar-refractivity contribution in [2.75, 3.05) is 27.3 Å². The van der Waals surface area contributed by atoms with Gasteiger partial charge in [0.15, 0.2) is 11.5 Å². The molecule has 4 rings (SSSR count). The molecule has 0 spiro atoms. The zero-order valence-corrected chi connectivity index (χ0v) is 17.1. The number of rotatable bonds is 6. The van der Waals surface area contributed by atoms with Gasteiger partial charge in [-0.15, -0.1) is 11.3 Å². The van der Waals surface area contributed by atoms with Gasteiger partial charge in [0.05, 0.1) is 14.2 Å². The van der Waals surface area contributed by atoms with Gasteiger partial charge >= 0.3 is 0 Å². The molecular weight excluding hydrogens is 370 g/mol. The van der Waals surface area contributed by atoms with E-state index in [0.29, 0.717) is 5.75 Å². The van der Waals surface area contributed by atoms with Crippen molar-refractivity contribution < 1.29 is 14.6 Å². The first-order valence-electron chi connectivity index (χ1n) is 9.50. The quantitative estimate of drug-likeness (QED) is 0.655. The smallest absolute Gasteiger partial charge is 0.160 e. The van der Waals surface area contributed by atoms with Crippen molar-refractivity contribution in [2.24, 2.45) is 0 Å². The normalized spacial score (nSPS) is 13.9. The summed E-state index contributed by atoms with van der Waals surface area (Å²) in [5, 5.41) is 9.97. The molecule has 2 heterocycles. The monoisotopic (exact) mass is 395 g/mol. The van der Waals surface area contributed by atoms with Crippen LogP contribution >= 0.6 is 11.3 Å². The van der Waals surface area contributed by atoms with E-state index in [2.05, 4.69) is 29.2 Å². The highest BCUT2D eigenvalue weighted by Crippen LogP contribution is 2.33. The fourth-order valence-electron chi connectivity index (χ4n) is 3.68. The summed E-state index contributed by atoms with van der Waals surface area (Å²) < 4.78 is 10.5. The maximum atomic E-state index is 9.97. The Bertz CT molecular complexity index is 949. The lowest BCUT2D eigenvalue weighted by Gasteiger charge is -2.29. The summed E-state index contributed by atoms with van der Waals surface area (Å²) in [4.78, 5) is 5.17. The Labute approximate surface area is 170 Å². The van der Waals surface area contributed by atoms with Crippen LogP contribution in [0.1, 0.15) is 16.0 Å². The van der Waals surface area contributed by atoms with Crippen molar-refractivity contribution in [3.05, 3.63) is 64.5 Å². The average molecular weight is 396 g/mol. The third-order valence-corrected chi connectivity index (χ3v) is 6.50. The van der Waals surface area contributed by atoms with Gasteiger partial charge in [-0.2, -0.15) is 0 Å². The molecule has 1 aromatic heterocycles. The largest absolute Gasteiger partial charge is 0.504 e. The number of hydrogen-bond donors (Lipinski definition) is 1. The van der Waals surface area contributed by atoms with Crippen molar-refractivity contribution in [2.45, 2.75) is 19.4 Å². The van der Waals surface area contributed by atoms with Gasteiger partial charge in [-0.05, 0) is 78.1 Å². The molecule has 3 aromatic rings.